The van der Waals surface area contributed by atoms with Gasteiger partial charge in [0.25, 0.3) is 0 Å². The fraction of sp³-hybridized carbons (Fsp3) is 1.00. The van der Waals surface area contributed by atoms with Gasteiger partial charge in [-0.15, -0.1) is 0 Å². The summed E-state index contributed by atoms with van der Waals surface area (Å²) < 4.78 is 14.2. The lowest BCUT2D eigenvalue weighted by molar-refractivity contribution is 0.163. The van der Waals surface area contributed by atoms with E-state index >= 15 is 0 Å². The third-order valence-electron chi connectivity index (χ3n) is 2.81. The van der Waals surface area contributed by atoms with E-state index in [-0.39, 0.29) is 0 Å². The lowest BCUT2D eigenvalue weighted by Gasteiger charge is -2.05. The third kappa shape index (κ3) is 21.0. The SMILES string of the molecule is CCCCCCCCCCCBr.CO[SiH](OC)OC. The summed E-state index contributed by atoms with van der Waals surface area (Å²) in [6.07, 6.45) is 12.8. The van der Waals surface area contributed by atoms with Crippen LogP contribution < -0.4 is 0 Å². The van der Waals surface area contributed by atoms with Crippen LogP contribution in [0.2, 0.25) is 0 Å². The van der Waals surface area contributed by atoms with Gasteiger partial charge in [0, 0.05) is 26.7 Å². The maximum absolute atomic E-state index is 4.74. The molecular weight excluding hydrogens is 324 g/mol. The first-order chi connectivity index (χ1) is 9.26. The summed E-state index contributed by atoms with van der Waals surface area (Å²) in [5.41, 5.74) is 0. The summed E-state index contributed by atoms with van der Waals surface area (Å²) in [5, 5.41) is 1.18. The number of rotatable bonds is 12. The highest BCUT2D eigenvalue weighted by Crippen LogP contribution is 2.09. The third-order valence-corrected chi connectivity index (χ3v) is 4.53. The Morgan fingerprint density at radius 1 is 0.684 bits per heavy atom. The smallest absolute Gasteiger partial charge is 0.379 e. The molecular formula is C14H33BrO3Si. The minimum atomic E-state index is -1.67. The molecule has 0 aliphatic carbocycles. The summed E-state index contributed by atoms with van der Waals surface area (Å²) in [6.45, 7) is 2.27. The second-order valence-electron chi connectivity index (χ2n) is 4.51. The van der Waals surface area contributed by atoms with Crippen LogP contribution in [0, 0.1) is 0 Å². The van der Waals surface area contributed by atoms with E-state index in [9.17, 15) is 0 Å². The zero-order valence-electron chi connectivity index (χ0n) is 13.3. The molecule has 0 saturated carbocycles. The average Bonchev–Trinajstić information content (AvgIpc) is 2.44. The molecule has 0 aliphatic rings. The number of hydrogen-bond donors (Lipinski definition) is 0. The zero-order valence-corrected chi connectivity index (χ0v) is 16.0. The van der Waals surface area contributed by atoms with Crippen LogP contribution in [0.1, 0.15) is 64.7 Å². The minimum absolute atomic E-state index is 1.18. The van der Waals surface area contributed by atoms with Crippen molar-refractivity contribution in [2.24, 2.45) is 0 Å². The predicted molar refractivity (Wildman–Crippen MR) is 89.2 cm³/mol. The van der Waals surface area contributed by atoms with E-state index in [0.29, 0.717) is 0 Å². The van der Waals surface area contributed by atoms with E-state index in [4.69, 9.17) is 13.3 Å². The molecule has 0 aromatic carbocycles. The fourth-order valence-corrected chi connectivity index (χ4v) is 2.67. The van der Waals surface area contributed by atoms with E-state index in [1.54, 1.807) is 21.3 Å². The molecule has 0 aromatic rings. The fourth-order valence-electron chi connectivity index (χ4n) is 1.69. The van der Waals surface area contributed by atoms with Crippen LogP contribution in [0.5, 0.6) is 0 Å². The van der Waals surface area contributed by atoms with Gasteiger partial charge in [0.2, 0.25) is 0 Å². The van der Waals surface area contributed by atoms with Crippen molar-refractivity contribution in [1.82, 2.24) is 0 Å². The summed E-state index contributed by atoms with van der Waals surface area (Å²) in [4.78, 5) is 0. The average molecular weight is 357 g/mol. The van der Waals surface area contributed by atoms with Gasteiger partial charge in [-0.3, -0.25) is 0 Å². The minimum Gasteiger partial charge on any atom is -0.379 e. The van der Waals surface area contributed by atoms with E-state index in [1.165, 1.54) is 63.1 Å². The second-order valence-corrected chi connectivity index (χ2v) is 7.30. The van der Waals surface area contributed by atoms with Gasteiger partial charge >= 0.3 is 9.53 Å². The van der Waals surface area contributed by atoms with E-state index in [2.05, 4.69) is 22.9 Å². The summed E-state index contributed by atoms with van der Waals surface area (Å²) in [7, 11) is 3.05. The van der Waals surface area contributed by atoms with Gasteiger partial charge < -0.3 is 13.3 Å². The molecule has 118 valence electrons. The van der Waals surface area contributed by atoms with Crippen LogP contribution in [0.4, 0.5) is 0 Å². The molecule has 0 radical (unpaired) electrons. The standard InChI is InChI=1S/C11H23Br.C3H10O3Si/c1-2-3-4-5-6-7-8-9-10-11-12;1-4-7(5-2)6-3/h2-11H2,1H3;7H,1-3H3. The monoisotopic (exact) mass is 356 g/mol. The van der Waals surface area contributed by atoms with Gasteiger partial charge in [-0.2, -0.15) is 0 Å². The Morgan fingerprint density at radius 2 is 1.05 bits per heavy atom. The topological polar surface area (TPSA) is 27.7 Å². The van der Waals surface area contributed by atoms with Crippen molar-refractivity contribution in [3.05, 3.63) is 0 Å². The lowest BCUT2D eigenvalue weighted by Crippen LogP contribution is -2.21. The zero-order chi connectivity index (χ0) is 14.8. The van der Waals surface area contributed by atoms with Crippen LogP contribution >= 0.6 is 15.9 Å². The molecule has 0 aliphatic heterocycles. The van der Waals surface area contributed by atoms with Crippen LogP contribution in [0.3, 0.4) is 0 Å². The number of alkyl halides is 1. The number of halogens is 1. The maximum Gasteiger partial charge on any atom is 0.483 e. The normalized spacial score (nSPS) is 10.4. The van der Waals surface area contributed by atoms with Crippen molar-refractivity contribution < 1.29 is 13.3 Å². The molecule has 3 nitrogen and oxygen atoms in total. The highest BCUT2D eigenvalue weighted by molar-refractivity contribution is 9.09. The molecule has 0 atom stereocenters. The van der Waals surface area contributed by atoms with E-state index < -0.39 is 9.53 Å². The Morgan fingerprint density at radius 3 is 1.32 bits per heavy atom. The Kier molecular flexibility index (Phi) is 24.0. The molecule has 0 saturated heterocycles. The molecule has 5 heteroatoms. The van der Waals surface area contributed by atoms with E-state index in [1.807, 2.05) is 0 Å². The van der Waals surface area contributed by atoms with Crippen molar-refractivity contribution >= 4 is 25.5 Å². The van der Waals surface area contributed by atoms with Gasteiger partial charge in [0.1, 0.15) is 0 Å². The summed E-state index contributed by atoms with van der Waals surface area (Å²) in [6, 6.07) is 0. The van der Waals surface area contributed by atoms with Crippen LogP contribution in [0.15, 0.2) is 0 Å². The molecule has 0 spiro atoms. The molecule has 0 rings (SSSR count). The molecule has 0 fully saturated rings. The second kappa shape index (κ2) is 20.9. The first kappa shape index (κ1) is 21.9. The van der Waals surface area contributed by atoms with Crippen LogP contribution in [0.25, 0.3) is 0 Å². The number of hydrogen-bond acceptors (Lipinski definition) is 3. The quantitative estimate of drug-likeness (QED) is 0.291. The highest BCUT2D eigenvalue weighted by atomic mass is 79.9. The first-order valence-electron chi connectivity index (χ1n) is 7.41. The summed E-state index contributed by atoms with van der Waals surface area (Å²) in [5.74, 6) is 0. The highest BCUT2D eigenvalue weighted by Gasteiger charge is 2.04. The maximum atomic E-state index is 4.74. The van der Waals surface area contributed by atoms with Gasteiger partial charge in [-0.05, 0) is 6.42 Å². The van der Waals surface area contributed by atoms with Crippen molar-refractivity contribution in [3.8, 4) is 0 Å². The Labute approximate surface area is 130 Å². The van der Waals surface area contributed by atoms with Crippen molar-refractivity contribution in [2.75, 3.05) is 26.7 Å². The van der Waals surface area contributed by atoms with Crippen LogP contribution in [-0.2, 0) is 13.3 Å². The molecule has 19 heavy (non-hydrogen) atoms. The van der Waals surface area contributed by atoms with Gasteiger partial charge in [0.15, 0.2) is 0 Å². The predicted octanol–water partition coefficient (Wildman–Crippen LogP) is 4.55. The van der Waals surface area contributed by atoms with Gasteiger partial charge in [-0.1, -0.05) is 74.2 Å². The lowest BCUT2D eigenvalue weighted by atomic mass is 10.1. The largest absolute Gasteiger partial charge is 0.483 e. The molecule has 0 unspecified atom stereocenters. The molecule has 0 amide bonds. The molecule has 0 heterocycles. The first-order valence-corrected chi connectivity index (χ1v) is 9.94. The van der Waals surface area contributed by atoms with Crippen molar-refractivity contribution in [3.63, 3.8) is 0 Å². The van der Waals surface area contributed by atoms with Gasteiger partial charge in [0.05, 0.1) is 0 Å². The van der Waals surface area contributed by atoms with E-state index in [0.717, 1.165) is 0 Å². The molecule has 0 N–H and O–H groups in total. The van der Waals surface area contributed by atoms with Crippen molar-refractivity contribution in [1.29, 1.82) is 0 Å². The molecule has 0 bridgehead atoms. The van der Waals surface area contributed by atoms with Gasteiger partial charge in [-0.25, -0.2) is 0 Å². The number of unbranched alkanes of at least 4 members (excludes halogenated alkanes) is 8. The molecule has 0 aromatic heterocycles. The van der Waals surface area contributed by atoms with Crippen molar-refractivity contribution in [2.45, 2.75) is 64.7 Å². The summed E-state index contributed by atoms with van der Waals surface area (Å²) >= 11 is 3.45. The van der Waals surface area contributed by atoms with Crippen LogP contribution in [-0.4, -0.2) is 36.2 Å². The Balaban J connectivity index is 0. The Hall–Kier alpha value is 0.577. The Bertz CT molecular complexity index is 131.